The number of likely N-dealkylation sites (N-methyl/N-ethyl adjacent to an activating group) is 1. The van der Waals surface area contributed by atoms with Crippen molar-refractivity contribution in [1.29, 1.82) is 0 Å². The topological polar surface area (TPSA) is 23.5 Å². The molecule has 0 aliphatic heterocycles. The Morgan fingerprint density at radius 1 is 1.46 bits per heavy atom. The molecule has 0 fully saturated rings. The fourth-order valence-corrected chi connectivity index (χ4v) is 1.31. The van der Waals surface area contributed by atoms with E-state index < -0.39 is 0 Å². The van der Waals surface area contributed by atoms with Crippen molar-refractivity contribution in [2.45, 2.75) is 25.3 Å². The van der Waals surface area contributed by atoms with Gasteiger partial charge in [0.25, 0.3) is 0 Å². The lowest BCUT2D eigenvalue weighted by atomic mass is 10.1. The van der Waals surface area contributed by atoms with Crippen molar-refractivity contribution < 1.29 is 5.11 Å². The van der Waals surface area contributed by atoms with E-state index in [0.717, 1.165) is 19.3 Å². The fourth-order valence-electron chi connectivity index (χ4n) is 1.31. The first-order valence-electron chi connectivity index (χ1n) is 4.80. The van der Waals surface area contributed by atoms with Gasteiger partial charge in [-0.2, -0.15) is 0 Å². The van der Waals surface area contributed by atoms with Gasteiger partial charge in [0.05, 0.1) is 6.61 Å². The zero-order valence-electron chi connectivity index (χ0n) is 8.58. The Balaban J connectivity index is 3.72. The number of hydrogen-bond donors (Lipinski definition) is 1. The smallest absolute Gasteiger partial charge is 0.0558 e. The number of aliphatic hydroxyl groups excluding tert-OH is 1. The predicted octanol–water partition coefficient (Wildman–Crippen LogP) is 1.82. The van der Waals surface area contributed by atoms with Crippen LogP contribution in [0, 0.1) is 0 Å². The lowest BCUT2D eigenvalue weighted by Crippen LogP contribution is -2.32. The summed E-state index contributed by atoms with van der Waals surface area (Å²) < 4.78 is 0. The molecule has 2 heteroatoms. The minimum Gasteiger partial charge on any atom is -0.395 e. The third-order valence-corrected chi connectivity index (χ3v) is 2.20. The van der Waals surface area contributed by atoms with Crippen LogP contribution < -0.4 is 0 Å². The molecule has 0 saturated heterocycles. The van der Waals surface area contributed by atoms with E-state index in [4.69, 9.17) is 5.11 Å². The summed E-state index contributed by atoms with van der Waals surface area (Å²) in [6.07, 6.45) is 7.16. The zero-order chi connectivity index (χ0) is 10.1. The molecule has 1 atom stereocenters. The summed E-state index contributed by atoms with van der Waals surface area (Å²) in [7, 11) is 2.01. The number of aliphatic hydroxyl groups is 1. The molecule has 0 radical (unpaired) electrons. The van der Waals surface area contributed by atoms with Crippen LogP contribution in [0.5, 0.6) is 0 Å². The highest BCUT2D eigenvalue weighted by Crippen LogP contribution is 2.07. The number of unbranched alkanes of at least 4 members (excludes halogenated alkanes) is 1. The highest BCUT2D eigenvalue weighted by Gasteiger charge is 2.08. The van der Waals surface area contributed by atoms with E-state index in [-0.39, 0.29) is 6.61 Å². The van der Waals surface area contributed by atoms with Gasteiger partial charge in [0.1, 0.15) is 0 Å². The van der Waals surface area contributed by atoms with Crippen LogP contribution in [0.4, 0.5) is 0 Å². The van der Waals surface area contributed by atoms with Gasteiger partial charge in [0.15, 0.2) is 0 Å². The summed E-state index contributed by atoms with van der Waals surface area (Å²) in [6.45, 7) is 8.40. The molecule has 0 spiro atoms. The number of allylic oxidation sites excluding steroid dienone is 1. The van der Waals surface area contributed by atoms with Crippen LogP contribution in [0.25, 0.3) is 0 Å². The van der Waals surface area contributed by atoms with Crippen LogP contribution >= 0.6 is 0 Å². The summed E-state index contributed by atoms with van der Waals surface area (Å²) in [6, 6.07) is 0.382. The molecule has 0 aromatic rings. The maximum absolute atomic E-state index is 8.76. The summed E-state index contributed by atoms with van der Waals surface area (Å²) in [4.78, 5) is 2.12. The van der Waals surface area contributed by atoms with E-state index >= 15 is 0 Å². The Morgan fingerprint density at radius 2 is 2.15 bits per heavy atom. The van der Waals surface area contributed by atoms with E-state index in [9.17, 15) is 0 Å². The predicted molar refractivity (Wildman–Crippen MR) is 57.7 cm³/mol. The molecule has 1 unspecified atom stereocenters. The van der Waals surface area contributed by atoms with Crippen LogP contribution in [0.1, 0.15) is 19.3 Å². The lowest BCUT2D eigenvalue weighted by molar-refractivity contribution is 0.193. The van der Waals surface area contributed by atoms with Crippen LogP contribution in [0.2, 0.25) is 0 Å². The molecule has 76 valence electrons. The van der Waals surface area contributed by atoms with E-state index in [1.165, 1.54) is 0 Å². The Labute approximate surface area is 81.6 Å². The average Bonchev–Trinajstić information content (AvgIpc) is 2.13. The summed E-state index contributed by atoms with van der Waals surface area (Å²) >= 11 is 0. The average molecular weight is 183 g/mol. The molecule has 13 heavy (non-hydrogen) atoms. The van der Waals surface area contributed by atoms with Crippen LogP contribution in [-0.2, 0) is 0 Å². The highest BCUT2D eigenvalue weighted by atomic mass is 16.3. The third-order valence-electron chi connectivity index (χ3n) is 2.20. The Kier molecular flexibility index (Phi) is 7.65. The molecule has 0 amide bonds. The van der Waals surface area contributed by atoms with Crippen molar-refractivity contribution in [3.63, 3.8) is 0 Å². The van der Waals surface area contributed by atoms with Gasteiger partial charge in [0.2, 0.25) is 0 Å². The van der Waals surface area contributed by atoms with E-state index in [0.29, 0.717) is 12.6 Å². The molecule has 0 saturated carbocycles. The second-order valence-corrected chi connectivity index (χ2v) is 3.23. The number of hydrogen-bond acceptors (Lipinski definition) is 2. The molecule has 0 rings (SSSR count). The molecule has 0 aliphatic rings. The van der Waals surface area contributed by atoms with Gasteiger partial charge in [0, 0.05) is 12.6 Å². The van der Waals surface area contributed by atoms with Crippen LogP contribution in [0.15, 0.2) is 25.3 Å². The van der Waals surface area contributed by atoms with Crippen molar-refractivity contribution in [3.8, 4) is 0 Å². The first kappa shape index (κ1) is 12.4. The minimum atomic E-state index is 0.211. The molecule has 0 aromatic carbocycles. The van der Waals surface area contributed by atoms with Crippen molar-refractivity contribution in [3.05, 3.63) is 25.3 Å². The summed E-state index contributed by atoms with van der Waals surface area (Å²) in [5.74, 6) is 0. The van der Waals surface area contributed by atoms with Gasteiger partial charge in [-0.25, -0.2) is 0 Å². The second-order valence-electron chi connectivity index (χ2n) is 3.23. The van der Waals surface area contributed by atoms with Crippen molar-refractivity contribution in [2.75, 3.05) is 20.2 Å². The largest absolute Gasteiger partial charge is 0.395 e. The first-order valence-corrected chi connectivity index (χ1v) is 4.80. The molecular formula is C11H21NO. The van der Waals surface area contributed by atoms with Gasteiger partial charge in [-0.15, -0.1) is 13.2 Å². The van der Waals surface area contributed by atoms with Crippen molar-refractivity contribution in [1.82, 2.24) is 4.90 Å². The van der Waals surface area contributed by atoms with Gasteiger partial charge in [-0.05, 0) is 26.3 Å². The molecular weight excluding hydrogens is 162 g/mol. The van der Waals surface area contributed by atoms with Gasteiger partial charge in [-0.3, -0.25) is 4.90 Å². The molecule has 0 aromatic heterocycles. The number of rotatable bonds is 8. The Morgan fingerprint density at radius 3 is 2.62 bits per heavy atom. The molecule has 0 aliphatic carbocycles. The number of nitrogens with zero attached hydrogens (tertiary/aromatic N) is 1. The normalized spacial score (nSPS) is 12.8. The maximum atomic E-state index is 8.76. The maximum Gasteiger partial charge on any atom is 0.0558 e. The van der Waals surface area contributed by atoms with Crippen LogP contribution in [0.3, 0.4) is 0 Å². The molecule has 2 nitrogen and oxygen atoms in total. The van der Waals surface area contributed by atoms with E-state index in [1.807, 2.05) is 19.2 Å². The minimum absolute atomic E-state index is 0.211. The summed E-state index contributed by atoms with van der Waals surface area (Å²) in [5.41, 5.74) is 0. The second kappa shape index (κ2) is 8.02. The third kappa shape index (κ3) is 5.61. The molecule has 1 N–H and O–H groups in total. The lowest BCUT2D eigenvalue weighted by Gasteiger charge is -2.24. The zero-order valence-corrected chi connectivity index (χ0v) is 8.58. The standard InChI is InChI=1S/C11H21NO/c1-4-6-7-8-11(5-2)12(3)9-10-13/h4-5,11,13H,1-2,6-10H2,3H3. The highest BCUT2D eigenvalue weighted by molar-refractivity contribution is 4.86. The summed E-state index contributed by atoms with van der Waals surface area (Å²) in [5, 5.41) is 8.76. The monoisotopic (exact) mass is 183 g/mol. The quantitative estimate of drug-likeness (QED) is 0.458. The van der Waals surface area contributed by atoms with Crippen molar-refractivity contribution in [2.24, 2.45) is 0 Å². The van der Waals surface area contributed by atoms with Gasteiger partial charge < -0.3 is 5.11 Å². The van der Waals surface area contributed by atoms with Crippen molar-refractivity contribution >= 4 is 0 Å². The Bertz CT molecular complexity index is 145. The van der Waals surface area contributed by atoms with E-state index in [2.05, 4.69) is 18.1 Å². The fraction of sp³-hybridized carbons (Fsp3) is 0.636. The Hall–Kier alpha value is -0.600. The molecule has 0 bridgehead atoms. The SMILES string of the molecule is C=CCCCC(C=C)N(C)CCO. The first-order chi connectivity index (χ1) is 6.26. The van der Waals surface area contributed by atoms with E-state index in [1.54, 1.807) is 0 Å². The van der Waals surface area contributed by atoms with Crippen LogP contribution in [-0.4, -0.2) is 36.2 Å². The van der Waals surface area contributed by atoms with Gasteiger partial charge >= 0.3 is 0 Å². The van der Waals surface area contributed by atoms with Gasteiger partial charge in [-0.1, -0.05) is 12.2 Å². The molecule has 0 heterocycles.